The first-order valence-corrected chi connectivity index (χ1v) is 4.98. The summed E-state index contributed by atoms with van der Waals surface area (Å²) in [6, 6.07) is 3.82. The largest absolute Gasteiger partial charge is 0.496 e. The molecule has 1 aliphatic rings. The smallest absolute Gasteiger partial charge is 0.124 e. The lowest BCUT2D eigenvalue weighted by Crippen LogP contribution is -2.11. The molecule has 0 aromatic heterocycles. The summed E-state index contributed by atoms with van der Waals surface area (Å²) in [5, 5.41) is 0.706. The SMILES string of the molecule is COc1cc(Cl)cc2c1CCN=C2C. The van der Waals surface area contributed by atoms with E-state index in [4.69, 9.17) is 16.3 Å². The predicted octanol–water partition coefficient (Wildman–Crippen LogP) is 2.71. The van der Waals surface area contributed by atoms with Crippen LogP contribution in [-0.2, 0) is 6.42 Å². The van der Waals surface area contributed by atoms with Gasteiger partial charge in [0.1, 0.15) is 5.75 Å². The molecule has 0 unspecified atom stereocenters. The zero-order valence-corrected chi connectivity index (χ0v) is 9.06. The Bertz CT molecular complexity index is 399. The Hall–Kier alpha value is -1.02. The van der Waals surface area contributed by atoms with Gasteiger partial charge in [0.2, 0.25) is 0 Å². The molecule has 14 heavy (non-hydrogen) atoms. The van der Waals surface area contributed by atoms with Gasteiger partial charge >= 0.3 is 0 Å². The number of hydrogen-bond donors (Lipinski definition) is 0. The number of methoxy groups -OCH3 is 1. The fraction of sp³-hybridized carbons (Fsp3) is 0.364. The Balaban J connectivity index is 2.63. The van der Waals surface area contributed by atoms with Crippen LogP contribution >= 0.6 is 11.6 Å². The second kappa shape index (κ2) is 3.62. The molecule has 1 aliphatic heterocycles. The van der Waals surface area contributed by atoms with E-state index in [9.17, 15) is 0 Å². The summed E-state index contributed by atoms with van der Waals surface area (Å²) in [5.41, 5.74) is 3.40. The standard InChI is InChI=1S/C11H12ClNO/c1-7-10-5-8(12)6-11(14-2)9(10)3-4-13-7/h5-6H,3-4H2,1-2H3. The molecule has 0 saturated carbocycles. The van der Waals surface area contributed by atoms with Gasteiger partial charge in [-0.2, -0.15) is 0 Å². The van der Waals surface area contributed by atoms with Gasteiger partial charge in [0.25, 0.3) is 0 Å². The molecule has 0 N–H and O–H groups in total. The molecule has 2 rings (SSSR count). The van der Waals surface area contributed by atoms with Crippen LogP contribution in [0.15, 0.2) is 17.1 Å². The van der Waals surface area contributed by atoms with Gasteiger partial charge in [-0.05, 0) is 25.5 Å². The van der Waals surface area contributed by atoms with Gasteiger partial charge in [-0.25, -0.2) is 0 Å². The summed E-state index contributed by atoms with van der Waals surface area (Å²) in [6.07, 6.45) is 0.938. The van der Waals surface area contributed by atoms with Crippen LogP contribution in [0.1, 0.15) is 18.1 Å². The molecule has 0 bridgehead atoms. The summed E-state index contributed by atoms with van der Waals surface area (Å²) >= 11 is 5.99. The summed E-state index contributed by atoms with van der Waals surface area (Å²) in [5.74, 6) is 0.877. The zero-order chi connectivity index (χ0) is 10.1. The molecular weight excluding hydrogens is 198 g/mol. The van der Waals surface area contributed by atoms with Crippen molar-refractivity contribution in [2.24, 2.45) is 4.99 Å². The molecule has 1 aromatic rings. The van der Waals surface area contributed by atoms with E-state index < -0.39 is 0 Å². The highest BCUT2D eigenvalue weighted by molar-refractivity contribution is 6.31. The van der Waals surface area contributed by atoms with Crippen molar-refractivity contribution in [1.29, 1.82) is 0 Å². The van der Waals surface area contributed by atoms with Gasteiger partial charge in [-0.15, -0.1) is 0 Å². The fourth-order valence-corrected chi connectivity index (χ4v) is 2.00. The maximum absolute atomic E-state index is 5.99. The number of aliphatic imine (C=N–C) groups is 1. The lowest BCUT2D eigenvalue weighted by Gasteiger charge is -2.17. The van der Waals surface area contributed by atoms with E-state index in [-0.39, 0.29) is 0 Å². The van der Waals surface area contributed by atoms with Crippen molar-refractivity contribution in [3.05, 3.63) is 28.3 Å². The highest BCUT2D eigenvalue weighted by Crippen LogP contribution is 2.30. The molecule has 1 aromatic carbocycles. The van der Waals surface area contributed by atoms with E-state index in [1.54, 1.807) is 7.11 Å². The van der Waals surface area contributed by atoms with E-state index in [0.717, 1.165) is 30.0 Å². The number of rotatable bonds is 1. The first-order valence-electron chi connectivity index (χ1n) is 4.60. The maximum atomic E-state index is 5.99. The highest BCUT2D eigenvalue weighted by Gasteiger charge is 2.15. The van der Waals surface area contributed by atoms with Crippen molar-refractivity contribution in [3.8, 4) is 5.75 Å². The average Bonchev–Trinajstić information content (AvgIpc) is 2.18. The molecule has 74 valence electrons. The first-order chi connectivity index (χ1) is 6.72. The number of nitrogens with zero attached hydrogens (tertiary/aromatic N) is 1. The first kappa shape index (κ1) is 9.53. The third kappa shape index (κ3) is 1.50. The minimum Gasteiger partial charge on any atom is -0.496 e. The van der Waals surface area contributed by atoms with Crippen LogP contribution in [0.5, 0.6) is 5.75 Å². The molecule has 0 atom stereocenters. The topological polar surface area (TPSA) is 21.6 Å². The molecule has 3 heteroatoms. The summed E-state index contributed by atoms with van der Waals surface area (Å²) in [7, 11) is 1.67. The van der Waals surface area contributed by atoms with Crippen LogP contribution in [0.2, 0.25) is 5.02 Å². The highest BCUT2D eigenvalue weighted by atomic mass is 35.5. The monoisotopic (exact) mass is 209 g/mol. The maximum Gasteiger partial charge on any atom is 0.124 e. The van der Waals surface area contributed by atoms with Crippen molar-refractivity contribution in [2.75, 3.05) is 13.7 Å². The number of fused-ring (bicyclic) bond motifs is 1. The van der Waals surface area contributed by atoms with Crippen LogP contribution in [0.25, 0.3) is 0 Å². The van der Waals surface area contributed by atoms with Gasteiger partial charge in [-0.1, -0.05) is 11.6 Å². The molecule has 0 amide bonds. The van der Waals surface area contributed by atoms with Gasteiger partial charge < -0.3 is 4.74 Å². The van der Waals surface area contributed by atoms with Crippen LogP contribution in [0.3, 0.4) is 0 Å². The van der Waals surface area contributed by atoms with E-state index in [1.807, 2.05) is 19.1 Å². The van der Waals surface area contributed by atoms with Crippen LogP contribution in [0.4, 0.5) is 0 Å². The number of halogens is 1. The van der Waals surface area contributed by atoms with Crippen LogP contribution in [-0.4, -0.2) is 19.4 Å². The van der Waals surface area contributed by atoms with Crippen LogP contribution in [0, 0.1) is 0 Å². The van der Waals surface area contributed by atoms with Crippen molar-refractivity contribution in [1.82, 2.24) is 0 Å². The van der Waals surface area contributed by atoms with Crippen molar-refractivity contribution in [3.63, 3.8) is 0 Å². The Morgan fingerprint density at radius 3 is 2.93 bits per heavy atom. The zero-order valence-electron chi connectivity index (χ0n) is 8.30. The Morgan fingerprint density at radius 1 is 1.43 bits per heavy atom. The molecule has 0 fully saturated rings. The lowest BCUT2D eigenvalue weighted by atomic mass is 9.97. The molecule has 0 aliphatic carbocycles. The minimum absolute atomic E-state index is 0.706. The van der Waals surface area contributed by atoms with E-state index in [2.05, 4.69) is 4.99 Å². The Kier molecular flexibility index (Phi) is 2.46. The average molecular weight is 210 g/mol. The van der Waals surface area contributed by atoms with Crippen molar-refractivity contribution >= 4 is 17.3 Å². The van der Waals surface area contributed by atoms with Gasteiger partial charge in [-0.3, -0.25) is 4.99 Å². The van der Waals surface area contributed by atoms with E-state index >= 15 is 0 Å². The predicted molar refractivity (Wildman–Crippen MR) is 58.8 cm³/mol. The minimum atomic E-state index is 0.706. The van der Waals surface area contributed by atoms with Crippen molar-refractivity contribution in [2.45, 2.75) is 13.3 Å². The quantitative estimate of drug-likeness (QED) is 0.697. The van der Waals surface area contributed by atoms with Gasteiger partial charge in [0.15, 0.2) is 0 Å². The molecule has 1 heterocycles. The Morgan fingerprint density at radius 2 is 2.21 bits per heavy atom. The third-order valence-corrected chi connectivity index (χ3v) is 2.71. The second-order valence-corrected chi connectivity index (χ2v) is 3.79. The van der Waals surface area contributed by atoms with Crippen LogP contribution < -0.4 is 4.74 Å². The number of ether oxygens (including phenoxy) is 1. The summed E-state index contributed by atoms with van der Waals surface area (Å²) in [4.78, 5) is 4.39. The van der Waals surface area contributed by atoms with E-state index in [0.29, 0.717) is 5.02 Å². The van der Waals surface area contributed by atoms with Gasteiger partial charge in [0.05, 0.1) is 7.11 Å². The molecule has 2 nitrogen and oxygen atoms in total. The fourth-order valence-electron chi connectivity index (χ4n) is 1.80. The van der Waals surface area contributed by atoms with Gasteiger partial charge in [0, 0.05) is 28.4 Å². The number of hydrogen-bond acceptors (Lipinski definition) is 2. The lowest BCUT2D eigenvalue weighted by molar-refractivity contribution is 0.409. The molecule has 0 saturated heterocycles. The summed E-state index contributed by atoms with van der Waals surface area (Å²) < 4.78 is 5.30. The molecular formula is C11H12ClNO. The summed E-state index contributed by atoms with van der Waals surface area (Å²) in [6.45, 7) is 2.85. The number of benzene rings is 1. The normalized spacial score (nSPS) is 14.6. The Labute approximate surface area is 88.6 Å². The molecule has 0 spiro atoms. The third-order valence-electron chi connectivity index (χ3n) is 2.49. The second-order valence-electron chi connectivity index (χ2n) is 3.35. The van der Waals surface area contributed by atoms with Crippen molar-refractivity contribution < 1.29 is 4.74 Å². The van der Waals surface area contributed by atoms with E-state index in [1.165, 1.54) is 5.56 Å². The molecule has 0 radical (unpaired) electrons.